The Hall–Kier alpha value is -0.763. The quantitative estimate of drug-likeness (QED) is 0.711. The third-order valence-electron chi connectivity index (χ3n) is 2.61. The number of methoxy groups -OCH3 is 1. The van der Waals surface area contributed by atoms with Gasteiger partial charge in [0.1, 0.15) is 5.75 Å². The zero-order chi connectivity index (χ0) is 11.5. The Kier molecular flexibility index (Phi) is 3.97. The molecule has 0 aliphatic heterocycles. The van der Waals surface area contributed by atoms with E-state index in [-0.39, 0.29) is 0 Å². The summed E-state index contributed by atoms with van der Waals surface area (Å²) >= 11 is 0. The largest absolute Gasteiger partial charge is 0.497 e. The number of ether oxygens (including phenoxy) is 1. The van der Waals surface area contributed by atoms with Crippen LogP contribution in [0.5, 0.6) is 5.75 Å². The molecule has 0 unspecified atom stereocenters. The van der Waals surface area contributed by atoms with Crippen LogP contribution < -0.4 is 9.92 Å². The van der Waals surface area contributed by atoms with Gasteiger partial charge in [0, 0.05) is 0 Å². The summed E-state index contributed by atoms with van der Waals surface area (Å²) in [6.07, 6.45) is 2.37. The topological polar surface area (TPSA) is 9.23 Å². The van der Waals surface area contributed by atoms with Crippen LogP contribution in [0.1, 0.15) is 18.9 Å². The van der Waals surface area contributed by atoms with Crippen LogP contribution in [0, 0.1) is 0 Å². The van der Waals surface area contributed by atoms with E-state index in [2.05, 4.69) is 44.8 Å². The number of hydrogen-bond acceptors (Lipinski definition) is 1. The fourth-order valence-corrected chi connectivity index (χ4v) is 3.33. The van der Waals surface area contributed by atoms with Crippen molar-refractivity contribution in [2.45, 2.75) is 39.4 Å². The zero-order valence-corrected chi connectivity index (χ0v) is 11.6. The van der Waals surface area contributed by atoms with E-state index in [1.54, 1.807) is 7.11 Å². The molecule has 1 nitrogen and oxygen atoms in total. The van der Waals surface area contributed by atoms with Gasteiger partial charge in [-0.3, -0.25) is 0 Å². The summed E-state index contributed by atoms with van der Waals surface area (Å²) in [5.41, 5.74) is 1.44. The van der Waals surface area contributed by atoms with Crippen molar-refractivity contribution in [1.82, 2.24) is 0 Å². The highest BCUT2D eigenvalue weighted by atomic mass is 28.3. The van der Waals surface area contributed by atoms with Crippen molar-refractivity contribution in [1.29, 1.82) is 0 Å². The van der Waals surface area contributed by atoms with E-state index in [0.29, 0.717) is 0 Å². The zero-order valence-electron chi connectivity index (χ0n) is 10.6. The Balaban J connectivity index is 3.13. The van der Waals surface area contributed by atoms with Crippen molar-refractivity contribution in [3.63, 3.8) is 0 Å². The molecule has 1 rings (SSSR count). The van der Waals surface area contributed by atoms with Gasteiger partial charge in [-0.15, -0.1) is 0 Å². The minimum absolute atomic E-state index is 1.06. The maximum absolute atomic E-state index is 5.44. The second-order valence-electron chi connectivity index (χ2n) is 5.03. The molecule has 0 N–H and O–H groups in total. The van der Waals surface area contributed by atoms with E-state index in [9.17, 15) is 0 Å². The fourth-order valence-electron chi connectivity index (χ4n) is 1.79. The van der Waals surface area contributed by atoms with Gasteiger partial charge in [-0.1, -0.05) is 45.1 Å². The normalized spacial score (nSPS) is 11.5. The van der Waals surface area contributed by atoms with Crippen molar-refractivity contribution in [2.75, 3.05) is 7.11 Å². The molecular formula is C13H22OSi. The predicted molar refractivity (Wildman–Crippen MR) is 70.0 cm³/mol. The lowest BCUT2D eigenvalue weighted by atomic mass is 10.1. The SMILES string of the molecule is CCCc1ccc(OC)c([Si](C)(C)C)c1. The highest BCUT2D eigenvalue weighted by molar-refractivity contribution is 6.89. The molecule has 0 aliphatic rings. The van der Waals surface area contributed by atoms with Crippen molar-refractivity contribution in [2.24, 2.45) is 0 Å². The van der Waals surface area contributed by atoms with Crippen LogP contribution >= 0.6 is 0 Å². The summed E-state index contributed by atoms with van der Waals surface area (Å²) < 4.78 is 5.44. The lowest BCUT2D eigenvalue weighted by Gasteiger charge is -2.21. The molecule has 1 aromatic rings. The Morgan fingerprint density at radius 2 is 1.87 bits per heavy atom. The van der Waals surface area contributed by atoms with Crippen LogP contribution in [-0.4, -0.2) is 15.2 Å². The van der Waals surface area contributed by atoms with Gasteiger partial charge in [-0.2, -0.15) is 0 Å². The highest BCUT2D eigenvalue weighted by Gasteiger charge is 2.21. The van der Waals surface area contributed by atoms with E-state index in [1.165, 1.54) is 23.6 Å². The molecule has 0 fully saturated rings. The van der Waals surface area contributed by atoms with Crippen LogP contribution in [0.4, 0.5) is 0 Å². The van der Waals surface area contributed by atoms with Crippen LogP contribution in [0.3, 0.4) is 0 Å². The maximum atomic E-state index is 5.44. The van der Waals surface area contributed by atoms with Gasteiger partial charge in [0.2, 0.25) is 0 Å². The van der Waals surface area contributed by atoms with Gasteiger partial charge in [0.25, 0.3) is 0 Å². The highest BCUT2D eigenvalue weighted by Crippen LogP contribution is 2.16. The molecule has 0 spiro atoms. The van der Waals surface area contributed by atoms with E-state index >= 15 is 0 Å². The number of benzene rings is 1. The molecular weight excluding hydrogens is 200 g/mol. The molecule has 0 aliphatic carbocycles. The van der Waals surface area contributed by atoms with E-state index in [1.807, 2.05) is 0 Å². The van der Waals surface area contributed by atoms with Gasteiger partial charge >= 0.3 is 0 Å². The molecule has 0 amide bonds. The molecule has 0 aromatic heterocycles. The first-order valence-corrected chi connectivity index (χ1v) is 9.16. The summed E-state index contributed by atoms with van der Waals surface area (Å²) in [7, 11) is 0.478. The fraction of sp³-hybridized carbons (Fsp3) is 0.538. The average molecular weight is 222 g/mol. The Morgan fingerprint density at radius 1 is 1.20 bits per heavy atom. The Labute approximate surface area is 94.5 Å². The lowest BCUT2D eigenvalue weighted by Crippen LogP contribution is -2.38. The summed E-state index contributed by atoms with van der Waals surface area (Å²) in [5, 5.41) is 1.44. The molecule has 2 heteroatoms. The first-order chi connectivity index (χ1) is 6.99. The molecule has 84 valence electrons. The molecule has 15 heavy (non-hydrogen) atoms. The van der Waals surface area contributed by atoms with Crippen molar-refractivity contribution in [3.8, 4) is 5.75 Å². The molecule has 0 bridgehead atoms. The van der Waals surface area contributed by atoms with E-state index < -0.39 is 8.07 Å². The maximum Gasteiger partial charge on any atom is 0.118 e. The van der Waals surface area contributed by atoms with Crippen molar-refractivity contribution < 1.29 is 4.74 Å². The number of hydrogen-bond donors (Lipinski definition) is 0. The summed E-state index contributed by atoms with van der Waals surface area (Å²) in [6.45, 7) is 9.31. The third-order valence-corrected chi connectivity index (χ3v) is 4.62. The van der Waals surface area contributed by atoms with Crippen LogP contribution in [-0.2, 0) is 6.42 Å². The smallest absolute Gasteiger partial charge is 0.118 e. The van der Waals surface area contributed by atoms with Crippen LogP contribution in [0.2, 0.25) is 19.6 Å². The van der Waals surface area contributed by atoms with Crippen LogP contribution in [0.25, 0.3) is 0 Å². The first kappa shape index (κ1) is 12.3. The van der Waals surface area contributed by atoms with Gasteiger partial charge in [0.15, 0.2) is 0 Å². The second-order valence-corrected chi connectivity index (χ2v) is 10.1. The Morgan fingerprint density at radius 3 is 2.33 bits per heavy atom. The standard InChI is InChI=1S/C13H22OSi/c1-6-7-11-8-9-12(14-2)13(10-11)15(3,4)5/h8-10H,6-7H2,1-5H3. The molecule has 1 aromatic carbocycles. The van der Waals surface area contributed by atoms with E-state index in [4.69, 9.17) is 4.74 Å². The number of rotatable bonds is 4. The minimum atomic E-state index is -1.28. The summed E-state index contributed by atoms with van der Waals surface area (Å²) in [5.74, 6) is 1.06. The van der Waals surface area contributed by atoms with Crippen molar-refractivity contribution >= 4 is 13.3 Å². The second kappa shape index (κ2) is 4.84. The summed E-state index contributed by atoms with van der Waals surface area (Å²) in [4.78, 5) is 0. The third kappa shape index (κ3) is 3.10. The van der Waals surface area contributed by atoms with Gasteiger partial charge in [-0.05, 0) is 23.2 Å². The molecule has 0 heterocycles. The predicted octanol–water partition coefficient (Wildman–Crippen LogP) is 3.19. The van der Waals surface area contributed by atoms with Gasteiger partial charge < -0.3 is 4.74 Å². The van der Waals surface area contributed by atoms with Gasteiger partial charge in [-0.25, -0.2) is 0 Å². The summed E-state index contributed by atoms with van der Waals surface area (Å²) in [6, 6.07) is 6.65. The lowest BCUT2D eigenvalue weighted by molar-refractivity contribution is 0.417. The molecule has 0 saturated carbocycles. The van der Waals surface area contributed by atoms with Crippen LogP contribution in [0.15, 0.2) is 18.2 Å². The monoisotopic (exact) mass is 222 g/mol. The average Bonchev–Trinajstić information content (AvgIpc) is 2.17. The van der Waals surface area contributed by atoms with Gasteiger partial charge in [0.05, 0.1) is 15.2 Å². The molecule has 0 radical (unpaired) electrons. The molecule has 0 saturated heterocycles. The Bertz CT molecular complexity index is 326. The molecule has 0 atom stereocenters. The van der Waals surface area contributed by atoms with Crippen molar-refractivity contribution in [3.05, 3.63) is 23.8 Å². The first-order valence-electron chi connectivity index (χ1n) is 5.66. The number of aryl methyl sites for hydroxylation is 1. The minimum Gasteiger partial charge on any atom is -0.497 e. The van der Waals surface area contributed by atoms with E-state index in [0.717, 1.165) is 5.75 Å².